The molecule has 7 nitrogen and oxygen atoms in total. The van der Waals surface area contributed by atoms with Gasteiger partial charge < -0.3 is 19.7 Å². The zero-order valence-corrected chi connectivity index (χ0v) is 10.9. The lowest BCUT2D eigenvalue weighted by atomic mass is 9.79. The zero-order chi connectivity index (χ0) is 15.2. The predicted molar refractivity (Wildman–Crippen MR) is 75.4 cm³/mol. The van der Waals surface area contributed by atoms with Crippen molar-refractivity contribution < 1.29 is 19.7 Å². The van der Waals surface area contributed by atoms with E-state index in [0.717, 1.165) is 0 Å². The van der Waals surface area contributed by atoms with E-state index in [-0.39, 0.29) is 12.1 Å². The van der Waals surface area contributed by atoms with Gasteiger partial charge in [-0.15, -0.1) is 0 Å². The minimum atomic E-state index is -1.59. The number of pyridine rings is 2. The van der Waals surface area contributed by atoms with Crippen LogP contribution in [0.1, 0.15) is 11.3 Å². The first-order valence-corrected chi connectivity index (χ1v) is 6.06. The van der Waals surface area contributed by atoms with Crippen molar-refractivity contribution in [3.8, 4) is 6.07 Å². The van der Waals surface area contributed by atoms with Crippen molar-refractivity contribution in [2.24, 2.45) is 0 Å². The largest absolute Gasteiger partial charge is 0.493 e. The van der Waals surface area contributed by atoms with Crippen LogP contribution in [0.5, 0.6) is 0 Å². The molecular formula is C12H11B2N3O4. The van der Waals surface area contributed by atoms with Crippen LogP contribution in [0, 0.1) is 11.3 Å². The van der Waals surface area contributed by atoms with Gasteiger partial charge in [0.25, 0.3) is 0 Å². The summed E-state index contributed by atoms with van der Waals surface area (Å²) in [6.07, 6.45) is 4.19. The number of hydrogen-bond donors (Lipinski definition) is 3. The van der Waals surface area contributed by atoms with Gasteiger partial charge in [-0.2, -0.15) is 5.26 Å². The van der Waals surface area contributed by atoms with Crippen molar-refractivity contribution in [3.63, 3.8) is 0 Å². The van der Waals surface area contributed by atoms with E-state index in [0.29, 0.717) is 16.7 Å². The van der Waals surface area contributed by atoms with Crippen LogP contribution in [0.4, 0.5) is 0 Å². The molecule has 0 saturated carbocycles. The molecule has 0 spiro atoms. The van der Waals surface area contributed by atoms with Gasteiger partial charge >= 0.3 is 14.2 Å². The third kappa shape index (κ3) is 4.11. The summed E-state index contributed by atoms with van der Waals surface area (Å²) >= 11 is 0. The van der Waals surface area contributed by atoms with E-state index < -0.39 is 14.2 Å². The summed E-state index contributed by atoms with van der Waals surface area (Å²) in [5, 5.41) is 36.8. The zero-order valence-electron chi connectivity index (χ0n) is 10.9. The van der Waals surface area contributed by atoms with Crippen LogP contribution in [0.15, 0.2) is 36.8 Å². The Morgan fingerprint density at radius 1 is 1.19 bits per heavy atom. The van der Waals surface area contributed by atoms with Crippen molar-refractivity contribution in [1.82, 2.24) is 9.97 Å². The molecule has 9 heteroatoms. The topological polar surface area (TPSA) is 119 Å². The highest BCUT2D eigenvalue weighted by atomic mass is 16.5. The van der Waals surface area contributed by atoms with Crippen molar-refractivity contribution in [3.05, 3.63) is 48.0 Å². The first kappa shape index (κ1) is 15.2. The summed E-state index contributed by atoms with van der Waals surface area (Å²) in [5.74, 6) is 0. The lowest BCUT2D eigenvalue weighted by Crippen LogP contribution is -2.34. The lowest BCUT2D eigenvalue weighted by Gasteiger charge is -2.08. The average Bonchev–Trinajstić information content (AvgIpc) is 2.53. The van der Waals surface area contributed by atoms with Crippen molar-refractivity contribution in [2.45, 2.75) is 6.61 Å². The van der Waals surface area contributed by atoms with Crippen molar-refractivity contribution in [2.75, 3.05) is 0 Å². The molecule has 0 saturated heterocycles. The molecule has 0 aromatic carbocycles. The molecule has 0 amide bonds. The SMILES string of the molecule is N#Cc1cncc(B(O)OCc2cc(B(O)O)ccn2)c1. The predicted octanol–water partition coefficient (Wildman–Crippen LogP) is -2.07. The molecule has 0 aliphatic rings. The van der Waals surface area contributed by atoms with Gasteiger partial charge in [-0.25, -0.2) is 0 Å². The summed E-state index contributed by atoms with van der Waals surface area (Å²) in [6, 6.07) is 6.31. The van der Waals surface area contributed by atoms with Crippen molar-refractivity contribution >= 4 is 25.2 Å². The first-order valence-electron chi connectivity index (χ1n) is 6.06. The molecule has 0 aliphatic heterocycles. The van der Waals surface area contributed by atoms with E-state index >= 15 is 0 Å². The molecule has 0 aliphatic carbocycles. The Kier molecular flexibility index (Phi) is 5.03. The summed E-state index contributed by atoms with van der Waals surface area (Å²) in [4.78, 5) is 7.82. The van der Waals surface area contributed by atoms with E-state index in [4.69, 9.17) is 20.0 Å². The Morgan fingerprint density at radius 3 is 2.71 bits per heavy atom. The third-order valence-corrected chi connectivity index (χ3v) is 2.70. The van der Waals surface area contributed by atoms with Gasteiger partial charge in [0, 0.05) is 24.1 Å². The van der Waals surface area contributed by atoms with Crippen LogP contribution in [0.25, 0.3) is 0 Å². The lowest BCUT2D eigenvalue weighted by molar-refractivity contribution is 0.255. The van der Waals surface area contributed by atoms with Crippen LogP contribution < -0.4 is 10.9 Å². The Balaban J connectivity index is 2.02. The van der Waals surface area contributed by atoms with Gasteiger partial charge in [0.15, 0.2) is 0 Å². The second kappa shape index (κ2) is 6.97. The second-order valence-electron chi connectivity index (χ2n) is 4.24. The fourth-order valence-electron chi connectivity index (χ4n) is 1.65. The quantitative estimate of drug-likeness (QED) is 0.539. The Hall–Kier alpha value is -2.24. The molecule has 3 N–H and O–H groups in total. The highest BCUT2D eigenvalue weighted by molar-refractivity contribution is 6.60. The number of nitrogens with zero attached hydrogens (tertiary/aromatic N) is 3. The Labute approximate surface area is 121 Å². The van der Waals surface area contributed by atoms with Crippen molar-refractivity contribution in [1.29, 1.82) is 5.26 Å². The molecule has 104 valence electrons. The fourth-order valence-corrected chi connectivity index (χ4v) is 1.65. The minimum Gasteiger partial charge on any atom is -0.423 e. The molecular weight excluding hydrogens is 272 g/mol. The molecule has 0 bridgehead atoms. The van der Waals surface area contributed by atoms with E-state index in [2.05, 4.69) is 9.97 Å². The van der Waals surface area contributed by atoms with Crippen LogP contribution in [-0.4, -0.2) is 39.3 Å². The number of nitriles is 1. The van der Waals surface area contributed by atoms with Crippen LogP contribution in [0.2, 0.25) is 0 Å². The number of aromatic nitrogens is 2. The normalized spacial score (nSPS) is 10.0. The summed E-state index contributed by atoms with van der Waals surface area (Å²) in [7, 11) is -2.84. The molecule has 2 aromatic rings. The van der Waals surface area contributed by atoms with Crippen LogP contribution >= 0.6 is 0 Å². The fraction of sp³-hybridized carbons (Fsp3) is 0.0833. The van der Waals surface area contributed by atoms with Gasteiger partial charge in [-0.05, 0) is 23.7 Å². The summed E-state index contributed by atoms with van der Waals surface area (Å²) in [5.41, 5.74) is 1.39. The molecule has 2 heterocycles. The molecule has 2 rings (SSSR count). The maximum absolute atomic E-state index is 9.88. The highest BCUT2D eigenvalue weighted by Crippen LogP contribution is 1.98. The van der Waals surface area contributed by atoms with E-state index in [9.17, 15) is 5.02 Å². The standard InChI is InChI=1S/C12H11B2N3O4/c15-5-9-3-11(7-16-6-9)14(20)21-8-12-4-10(13(18)19)1-2-17-12/h1-4,6-7,18-20H,8H2. The monoisotopic (exact) mass is 283 g/mol. The van der Waals surface area contributed by atoms with Crippen LogP contribution in [0.3, 0.4) is 0 Å². The van der Waals surface area contributed by atoms with Gasteiger partial charge in [0.1, 0.15) is 6.07 Å². The molecule has 0 radical (unpaired) electrons. The Bertz CT molecular complexity index is 663. The maximum Gasteiger partial charge on any atom is 0.493 e. The molecule has 0 atom stereocenters. The number of rotatable bonds is 5. The van der Waals surface area contributed by atoms with E-state index in [1.165, 1.54) is 36.8 Å². The second-order valence-corrected chi connectivity index (χ2v) is 4.24. The van der Waals surface area contributed by atoms with Gasteiger partial charge in [-0.1, -0.05) is 0 Å². The summed E-state index contributed by atoms with van der Waals surface area (Å²) in [6.45, 7) is -0.0293. The smallest absolute Gasteiger partial charge is 0.423 e. The molecule has 0 unspecified atom stereocenters. The van der Waals surface area contributed by atoms with Gasteiger partial charge in [0.05, 0.1) is 17.9 Å². The number of hydrogen-bond acceptors (Lipinski definition) is 7. The van der Waals surface area contributed by atoms with Crippen LogP contribution in [-0.2, 0) is 11.3 Å². The van der Waals surface area contributed by atoms with E-state index in [1.807, 2.05) is 6.07 Å². The highest BCUT2D eigenvalue weighted by Gasteiger charge is 2.18. The minimum absolute atomic E-state index is 0.0293. The maximum atomic E-state index is 9.88. The first-order chi connectivity index (χ1) is 10.1. The van der Waals surface area contributed by atoms with Gasteiger partial charge in [-0.3, -0.25) is 9.97 Å². The average molecular weight is 283 g/mol. The molecule has 2 aromatic heterocycles. The Morgan fingerprint density at radius 2 is 2.00 bits per heavy atom. The molecule has 21 heavy (non-hydrogen) atoms. The molecule has 0 fully saturated rings. The summed E-state index contributed by atoms with van der Waals surface area (Å²) < 4.78 is 5.23. The van der Waals surface area contributed by atoms with Gasteiger partial charge in [0.2, 0.25) is 0 Å². The third-order valence-electron chi connectivity index (χ3n) is 2.70. The van der Waals surface area contributed by atoms with E-state index in [1.54, 1.807) is 0 Å².